The maximum atomic E-state index is 2.53. The minimum absolute atomic E-state index is 0.797. The summed E-state index contributed by atoms with van der Waals surface area (Å²) in [5, 5.41) is 15.4. The highest BCUT2D eigenvalue weighted by molar-refractivity contribution is 6.47. The first-order chi connectivity index (χ1) is 36.2. The molecule has 344 valence electrons. The average molecular weight is 931 g/mol. The fourth-order valence-electron chi connectivity index (χ4n) is 12.2. The van der Waals surface area contributed by atoms with Crippen LogP contribution in [0.2, 0.25) is 0 Å². The summed E-state index contributed by atoms with van der Waals surface area (Å²) in [6, 6.07) is 96.7. The van der Waals surface area contributed by atoms with Gasteiger partial charge in [-0.15, -0.1) is 0 Å². The molecule has 14 aromatic carbocycles. The number of para-hydroxylation sites is 3. The molecular weight excluding hydrogens is 881 g/mol. The Kier molecular flexibility index (Phi) is 10.3. The molecule has 0 saturated carbocycles. The maximum Gasteiger partial charge on any atom is 0.0540 e. The standard InChI is InChI=1S/C71H50N2/c1-2-72(55-31-12-5-13-32-55)46-47-42-52-30-20-38-59-64(52)62(43-47)71-66(54-29-19-27-51(45-54)49-24-10-4-11-25-49)70-61-40-41-63(73(56-33-14-6-15-34-56)57-35-16-7-17-36-57)58-37-21-39-60(67(58)61)69(70)65(68(59)71)53-28-18-26-50(44-53)48-22-8-3-9-23-48/h3-45H,2,46H2,1H3. The molecule has 0 saturated heterocycles. The number of fused-ring (bicyclic) bond motifs is 6. The second kappa shape index (κ2) is 17.6. The highest BCUT2D eigenvalue weighted by Gasteiger charge is 2.29. The van der Waals surface area contributed by atoms with Gasteiger partial charge in [0.2, 0.25) is 0 Å². The lowest BCUT2D eigenvalue weighted by molar-refractivity contribution is 0.833. The highest BCUT2D eigenvalue weighted by atomic mass is 15.1. The quantitative estimate of drug-likeness (QED) is 0.128. The lowest BCUT2D eigenvalue weighted by Crippen LogP contribution is -2.21. The van der Waals surface area contributed by atoms with Crippen molar-refractivity contribution in [2.24, 2.45) is 0 Å². The third kappa shape index (κ3) is 7.01. The molecule has 0 aromatic heterocycles. The second-order valence-corrected chi connectivity index (χ2v) is 19.4. The van der Waals surface area contributed by atoms with Crippen molar-refractivity contribution in [1.82, 2.24) is 0 Å². The summed E-state index contributed by atoms with van der Waals surface area (Å²) in [4.78, 5) is 4.91. The zero-order chi connectivity index (χ0) is 48.4. The van der Waals surface area contributed by atoms with Crippen LogP contribution >= 0.6 is 0 Å². The summed E-state index contributed by atoms with van der Waals surface area (Å²) in [5.74, 6) is 0. The Balaban J connectivity index is 1.17. The molecule has 0 atom stereocenters. The van der Waals surface area contributed by atoms with Gasteiger partial charge in [0.1, 0.15) is 0 Å². The summed E-state index contributed by atoms with van der Waals surface area (Å²) in [6.07, 6.45) is 0. The smallest absolute Gasteiger partial charge is 0.0540 e. The molecule has 0 amide bonds. The zero-order valence-electron chi connectivity index (χ0n) is 40.6. The van der Waals surface area contributed by atoms with Gasteiger partial charge in [-0.2, -0.15) is 0 Å². The molecule has 0 unspecified atom stereocenters. The van der Waals surface area contributed by atoms with Gasteiger partial charge in [0.05, 0.1) is 5.69 Å². The lowest BCUT2D eigenvalue weighted by atomic mass is 9.86. The topological polar surface area (TPSA) is 6.48 Å². The van der Waals surface area contributed by atoms with Crippen molar-refractivity contribution in [2.75, 3.05) is 16.3 Å². The molecule has 0 fully saturated rings. The van der Waals surface area contributed by atoms with E-state index < -0.39 is 0 Å². The number of nitrogens with zero attached hydrogens (tertiary/aromatic N) is 2. The van der Waals surface area contributed by atoms with E-state index in [4.69, 9.17) is 0 Å². The molecule has 0 aliphatic carbocycles. The maximum absolute atomic E-state index is 2.53. The monoisotopic (exact) mass is 930 g/mol. The van der Waals surface area contributed by atoms with Crippen LogP contribution in [0.3, 0.4) is 0 Å². The van der Waals surface area contributed by atoms with Gasteiger partial charge in [-0.25, -0.2) is 0 Å². The molecule has 73 heavy (non-hydrogen) atoms. The first-order valence-corrected chi connectivity index (χ1v) is 25.6. The first-order valence-electron chi connectivity index (χ1n) is 25.6. The van der Waals surface area contributed by atoms with Crippen molar-refractivity contribution in [3.8, 4) is 44.5 Å². The van der Waals surface area contributed by atoms with Crippen molar-refractivity contribution >= 4 is 87.4 Å². The number of rotatable bonds is 11. The summed E-state index contributed by atoms with van der Waals surface area (Å²) in [6.45, 7) is 3.96. The van der Waals surface area contributed by atoms with E-state index >= 15 is 0 Å². The minimum Gasteiger partial charge on any atom is -0.367 e. The number of benzene rings is 12. The van der Waals surface area contributed by atoms with Gasteiger partial charge < -0.3 is 9.80 Å². The molecule has 2 nitrogen and oxygen atoms in total. The van der Waals surface area contributed by atoms with E-state index in [1.165, 1.54) is 120 Å². The van der Waals surface area contributed by atoms with E-state index in [0.29, 0.717) is 0 Å². The molecule has 14 rings (SSSR count). The third-order valence-corrected chi connectivity index (χ3v) is 15.3. The molecule has 14 aromatic rings. The van der Waals surface area contributed by atoms with Crippen LogP contribution in [0, 0.1) is 0 Å². The summed E-state index contributed by atoms with van der Waals surface area (Å²) >= 11 is 0. The Morgan fingerprint density at radius 1 is 0.288 bits per heavy atom. The van der Waals surface area contributed by atoms with E-state index in [1.807, 2.05) is 0 Å². The average Bonchev–Trinajstić information content (AvgIpc) is 3.98. The van der Waals surface area contributed by atoms with E-state index in [0.717, 1.165) is 30.2 Å². The lowest BCUT2D eigenvalue weighted by Gasteiger charge is -2.27. The molecule has 0 heterocycles. The Hall–Kier alpha value is -9.24. The van der Waals surface area contributed by atoms with Gasteiger partial charge in [-0.1, -0.05) is 194 Å². The van der Waals surface area contributed by atoms with Crippen molar-refractivity contribution in [2.45, 2.75) is 13.5 Å². The van der Waals surface area contributed by atoms with E-state index in [-0.39, 0.29) is 0 Å². The second-order valence-electron chi connectivity index (χ2n) is 19.4. The van der Waals surface area contributed by atoms with Crippen molar-refractivity contribution in [3.63, 3.8) is 0 Å². The molecule has 0 aliphatic rings. The van der Waals surface area contributed by atoms with E-state index in [1.54, 1.807) is 0 Å². The first kappa shape index (κ1) is 42.6. The van der Waals surface area contributed by atoms with Gasteiger partial charge >= 0.3 is 0 Å². The number of hydrogen-bond acceptors (Lipinski definition) is 2. The van der Waals surface area contributed by atoms with Crippen molar-refractivity contribution < 1.29 is 0 Å². The van der Waals surface area contributed by atoms with Crippen LogP contribution in [0.4, 0.5) is 22.7 Å². The molecular formula is C71H50N2. The molecule has 0 radical (unpaired) electrons. The van der Waals surface area contributed by atoms with Gasteiger partial charge in [0, 0.05) is 35.5 Å². The highest BCUT2D eigenvalue weighted by Crippen LogP contribution is 2.57. The normalized spacial score (nSPS) is 11.7. The van der Waals surface area contributed by atoms with Crippen molar-refractivity contribution in [1.29, 1.82) is 0 Å². The van der Waals surface area contributed by atoms with Crippen LogP contribution in [0.5, 0.6) is 0 Å². The van der Waals surface area contributed by atoms with E-state index in [9.17, 15) is 0 Å². The third-order valence-electron chi connectivity index (χ3n) is 15.3. The van der Waals surface area contributed by atoms with Crippen LogP contribution in [0.15, 0.2) is 261 Å². The fourth-order valence-corrected chi connectivity index (χ4v) is 12.2. The molecule has 2 heteroatoms. The van der Waals surface area contributed by atoms with E-state index in [2.05, 4.69) is 278 Å². The Bertz CT molecular complexity index is 4260. The van der Waals surface area contributed by atoms with Gasteiger partial charge in [-0.05, 0) is 183 Å². The Labute approximate surface area is 425 Å². The Morgan fingerprint density at radius 2 is 0.712 bits per heavy atom. The molecule has 0 bridgehead atoms. The fraction of sp³-hybridized carbons (Fsp3) is 0.0423. The predicted molar refractivity (Wildman–Crippen MR) is 313 cm³/mol. The van der Waals surface area contributed by atoms with Crippen LogP contribution in [0.1, 0.15) is 12.5 Å². The van der Waals surface area contributed by atoms with Crippen LogP contribution in [-0.2, 0) is 6.54 Å². The zero-order valence-corrected chi connectivity index (χ0v) is 40.6. The van der Waals surface area contributed by atoms with Crippen LogP contribution < -0.4 is 9.80 Å². The van der Waals surface area contributed by atoms with Gasteiger partial charge in [0.15, 0.2) is 0 Å². The molecule has 0 aliphatic heterocycles. The van der Waals surface area contributed by atoms with Gasteiger partial charge in [0.25, 0.3) is 0 Å². The minimum atomic E-state index is 0.797. The number of hydrogen-bond donors (Lipinski definition) is 0. The largest absolute Gasteiger partial charge is 0.367 e. The summed E-state index contributed by atoms with van der Waals surface area (Å²) < 4.78 is 0. The van der Waals surface area contributed by atoms with Crippen LogP contribution in [-0.4, -0.2) is 6.54 Å². The molecule has 0 spiro atoms. The van der Waals surface area contributed by atoms with Crippen LogP contribution in [0.25, 0.3) is 109 Å². The SMILES string of the molecule is CCN(Cc1cc2cccc3c4c(-c5cccc(-c6ccccc6)c5)c5c6cccc7c(N(c8ccccc8)c8ccccc8)ccc(c5c(-c5cccc(-c8ccccc8)c5)c4c(c1)c23)c76)c1ccccc1. The summed E-state index contributed by atoms with van der Waals surface area (Å²) in [7, 11) is 0. The molecule has 0 N–H and O–H groups in total. The summed E-state index contributed by atoms with van der Waals surface area (Å²) in [5.41, 5.74) is 15.7. The number of anilines is 4. The van der Waals surface area contributed by atoms with Gasteiger partial charge in [-0.3, -0.25) is 0 Å². The predicted octanol–water partition coefficient (Wildman–Crippen LogP) is 19.6. The van der Waals surface area contributed by atoms with Crippen molar-refractivity contribution in [3.05, 3.63) is 266 Å². The Morgan fingerprint density at radius 3 is 1.26 bits per heavy atom.